The fraction of sp³-hybridized carbons (Fsp3) is 0.429. The fourth-order valence-electron chi connectivity index (χ4n) is 2.06. The number of rotatable bonds is 4. The summed E-state index contributed by atoms with van der Waals surface area (Å²) in [6.07, 6.45) is -0.487. The molecule has 22 heavy (non-hydrogen) atoms. The summed E-state index contributed by atoms with van der Waals surface area (Å²) in [5.74, 6) is -3.42. The molecule has 1 heterocycles. The van der Waals surface area contributed by atoms with Gasteiger partial charge in [0.15, 0.2) is 0 Å². The van der Waals surface area contributed by atoms with Crippen LogP contribution in [0.3, 0.4) is 0 Å². The molecule has 1 saturated heterocycles. The quantitative estimate of drug-likeness (QED) is 0.785. The summed E-state index contributed by atoms with van der Waals surface area (Å²) in [7, 11) is 0. The minimum atomic E-state index is -2.83. The van der Waals surface area contributed by atoms with Crippen LogP contribution in [0.1, 0.15) is 18.9 Å². The summed E-state index contributed by atoms with van der Waals surface area (Å²) in [4.78, 5) is 22.6. The van der Waals surface area contributed by atoms with Gasteiger partial charge in [0.1, 0.15) is 0 Å². The van der Waals surface area contributed by atoms with Crippen molar-refractivity contribution in [1.29, 1.82) is 0 Å². The molecule has 8 heteroatoms. The molecule has 0 bridgehead atoms. The topological polar surface area (TPSA) is 70.2 Å². The molecule has 122 valence electrons. The number of halogens is 3. The number of alkyl halides is 2. The van der Waals surface area contributed by atoms with Crippen molar-refractivity contribution >= 4 is 29.9 Å². The highest BCUT2D eigenvalue weighted by atomic mass is 35.5. The van der Waals surface area contributed by atoms with Gasteiger partial charge in [-0.25, -0.2) is 8.78 Å². The first kappa shape index (κ1) is 18.3. The van der Waals surface area contributed by atoms with Crippen molar-refractivity contribution in [1.82, 2.24) is 10.6 Å². The molecule has 2 amide bonds. The van der Waals surface area contributed by atoms with Crippen molar-refractivity contribution in [3.05, 3.63) is 29.8 Å². The molecule has 0 aliphatic carbocycles. The lowest BCUT2D eigenvalue weighted by Gasteiger charge is -2.11. The van der Waals surface area contributed by atoms with E-state index in [0.29, 0.717) is 12.2 Å². The number of anilines is 1. The zero-order valence-corrected chi connectivity index (χ0v) is 12.8. The number of carbonyl (C=O) groups is 2. The number of hydrogen-bond acceptors (Lipinski definition) is 3. The van der Waals surface area contributed by atoms with Crippen molar-refractivity contribution in [3.63, 3.8) is 0 Å². The van der Waals surface area contributed by atoms with Crippen LogP contribution >= 0.6 is 12.4 Å². The standard InChI is InChI=1S/C14H17F2N3O2.ClH/c1-9(20)17-7-10-2-4-11(5-3-10)19-13(21)12-6-14(15,16)8-18-12;/h2-5,12,18H,6-8H2,1H3,(H,17,20)(H,19,21);1H. The minimum absolute atomic E-state index is 0. The highest BCUT2D eigenvalue weighted by molar-refractivity contribution is 5.95. The van der Waals surface area contributed by atoms with E-state index in [1.807, 2.05) is 0 Å². The molecule has 0 aromatic heterocycles. The van der Waals surface area contributed by atoms with Crippen LogP contribution in [0.4, 0.5) is 14.5 Å². The van der Waals surface area contributed by atoms with Crippen molar-refractivity contribution < 1.29 is 18.4 Å². The highest BCUT2D eigenvalue weighted by Crippen LogP contribution is 2.25. The second kappa shape index (κ2) is 7.51. The summed E-state index contributed by atoms with van der Waals surface area (Å²) in [5.41, 5.74) is 1.41. The SMILES string of the molecule is CC(=O)NCc1ccc(NC(=O)C2CC(F)(F)CN2)cc1.Cl. The van der Waals surface area contributed by atoms with E-state index in [0.717, 1.165) is 5.56 Å². The van der Waals surface area contributed by atoms with Gasteiger partial charge in [-0.05, 0) is 17.7 Å². The molecule has 1 aliphatic heterocycles. The Balaban J connectivity index is 0.00000242. The van der Waals surface area contributed by atoms with Crippen LogP contribution in [0.2, 0.25) is 0 Å². The second-order valence-corrected chi connectivity index (χ2v) is 5.09. The normalized spacial score (nSPS) is 19.1. The molecule has 3 N–H and O–H groups in total. The van der Waals surface area contributed by atoms with E-state index < -0.39 is 30.8 Å². The first-order chi connectivity index (χ1) is 9.85. The Morgan fingerprint density at radius 3 is 2.45 bits per heavy atom. The number of hydrogen-bond donors (Lipinski definition) is 3. The number of benzene rings is 1. The molecule has 1 aromatic rings. The molecule has 1 aromatic carbocycles. The maximum atomic E-state index is 13.0. The molecule has 1 unspecified atom stereocenters. The van der Waals surface area contributed by atoms with Crippen molar-refractivity contribution in [2.45, 2.75) is 31.9 Å². The molecule has 0 radical (unpaired) electrons. The van der Waals surface area contributed by atoms with Crippen LogP contribution in [0, 0.1) is 0 Å². The van der Waals surface area contributed by atoms with E-state index >= 15 is 0 Å². The maximum absolute atomic E-state index is 13.0. The van der Waals surface area contributed by atoms with E-state index in [2.05, 4.69) is 16.0 Å². The van der Waals surface area contributed by atoms with Gasteiger partial charge in [-0.1, -0.05) is 12.1 Å². The Kier molecular flexibility index (Phi) is 6.25. The highest BCUT2D eigenvalue weighted by Gasteiger charge is 2.42. The van der Waals surface area contributed by atoms with Gasteiger partial charge >= 0.3 is 0 Å². The molecule has 1 aliphatic rings. The largest absolute Gasteiger partial charge is 0.352 e. The third kappa shape index (κ3) is 5.23. The van der Waals surface area contributed by atoms with E-state index in [-0.39, 0.29) is 18.3 Å². The van der Waals surface area contributed by atoms with Gasteiger partial charge in [0.05, 0.1) is 12.6 Å². The Morgan fingerprint density at radius 1 is 1.32 bits per heavy atom. The third-order valence-electron chi connectivity index (χ3n) is 3.19. The number of amides is 2. The summed E-state index contributed by atoms with van der Waals surface area (Å²) >= 11 is 0. The van der Waals surface area contributed by atoms with Gasteiger partial charge in [-0.2, -0.15) is 0 Å². The van der Waals surface area contributed by atoms with Crippen molar-refractivity contribution in [2.24, 2.45) is 0 Å². The average molecular weight is 334 g/mol. The summed E-state index contributed by atoms with van der Waals surface area (Å²) in [6, 6.07) is 5.97. The third-order valence-corrected chi connectivity index (χ3v) is 3.19. The van der Waals surface area contributed by atoms with Gasteiger partial charge in [-0.15, -0.1) is 12.4 Å². The minimum Gasteiger partial charge on any atom is -0.352 e. The molecule has 5 nitrogen and oxygen atoms in total. The lowest BCUT2D eigenvalue weighted by Crippen LogP contribution is -2.35. The zero-order valence-electron chi connectivity index (χ0n) is 12.0. The lowest BCUT2D eigenvalue weighted by molar-refractivity contribution is -0.119. The number of carbonyl (C=O) groups excluding carboxylic acids is 2. The van der Waals surface area contributed by atoms with Gasteiger partial charge in [0, 0.05) is 25.6 Å². The van der Waals surface area contributed by atoms with Crippen LogP contribution in [-0.4, -0.2) is 30.3 Å². The van der Waals surface area contributed by atoms with Gasteiger partial charge in [0.25, 0.3) is 5.92 Å². The van der Waals surface area contributed by atoms with Gasteiger partial charge < -0.3 is 10.6 Å². The molecule has 1 fully saturated rings. The smallest absolute Gasteiger partial charge is 0.262 e. The second-order valence-electron chi connectivity index (χ2n) is 5.09. The van der Waals surface area contributed by atoms with Crippen LogP contribution in [0.15, 0.2) is 24.3 Å². The molecular formula is C14H18ClF2N3O2. The van der Waals surface area contributed by atoms with Crippen molar-refractivity contribution in [3.8, 4) is 0 Å². The van der Waals surface area contributed by atoms with E-state index in [1.165, 1.54) is 6.92 Å². The first-order valence-corrected chi connectivity index (χ1v) is 6.61. The predicted molar refractivity (Wildman–Crippen MR) is 81.2 cm³/mol. The van der Waals surface area contributed by atoms with Crippen LogP contribution in [0.25, 0.3) is 0 Å². The molecule has 1 atom stereocenters. The average Bonchev–Trinajstić information content (AvgIpc) is 2.78. The number of nitrogens with one attached hydrogen (secondary N) is 3. The van der Waals surface area contributed by atoms with E-state index in [1.54, 1.807) is 24.3 Å². The summed E-state index contributed by atoms with van der Waals surface area (Å²) < 4.78 is 26.0. The van der Waals surface area contributed by atoms with E-state index in [4.69, 9.17) is 0 Å². The zero-order chi connectivity index (χ0) is 15.5. The Morgan fingerprint density at radius 2 is 1.95 bits per heavy atom. The molecule has 2 rings (SSSR count). The molecule has 0 saturated carbocycles. The Hall–Kier alpha value is -1.73. The van der Waals surface area contributed by atoms with Crippen LogP contribution < -0.4 is 16.0 Å². The monoisotopic (exact) mass is 333 g/mol. The fourth-order valence-corrected chi connectivity index (χ4v) is 2.06. The summed E-state index contributed by atoms with van der Waals surface area (Å²) in [5, 5.41) is 7.75. The molecule has 0 spiro atoms. The molecular weight excluding hydrogens is 316 g/mol. The van der Waals surface area contributed by atoms with Gasteiger partial charge in [0.2, 0.25) is 11.8 Å². The maximum Gasteiger partial charge on any atom is 0.262 e. The van der Waals surface area contributed by atoms with Crippen LogP contribution in [0.5, 0.6) is 0 Å². The first-order valence-electron chi connectivity index (χ1n) is 6.61. The summed E-state index contributed by atoms with van der Waals surface area (Å²) in [6.45, 7) is 1.36. The predicted octanol–water partition coefficient (Wildman–Crippen LogP) is 1.68. The van der Waals surface area contributed by atoms with Gasteiger partial charge in [-0.3, -0.25) is 14.9 Å². The Labute approximate surface area is 133 Å². The lowest BCUT2D eigenvalue weighted by atomic mass is 10.1. The van der Waals surface area contributed by atoms with E-state index in [9.17, 15) is 18.4 Å². The van der Waals surface area contributed by atoms with Crippen LogP contribution in [-0.2, 0) is 16.1 Å². The Bertz CT molecular complexity index is 537. The van der Waals surface area contributed by atoms with Crippen molar-refractivity contribution in [2.75, 3.05) is 11.9 Å².